The minimum Gasteiger partial charge on any atom is -0.342 e. The lowest BCUT2D eigenvalue weighted by atomic mass is 10.2. The third kappa shape index (κ3) is 1.86. The second-order valence-electron chi connectivity index (χ2n) is 3.22. The topological polar surface area (TPSA) is 54.7 Å². The molecule has 0 amide bonds. The van der Waals surface area contributed by atoms with Crippen LogP contribution in [0.5, 0.6) is 0 Å². The zero-order valence-corrected chi connectivity index (χ0v) is 8.90. The van der Waals surface area contributed by atoms with E-state index in [1.54, 1.807) is 11.3 Å². The van der Waals surface area contributed by atoms with Gasteiger partial charge in [-0.25, -0.2) is 4.98 Å². The predicted octanol–water partition coefficient (Wildman–Crippen LogP) is 1.95. The quantitative estimate of drug-likeness (QED) is 0.808. The van der Waals surface area contributed by atoms with Crippen molar-refractivity contribution in [2.45, 2.75) is 13.3 Å². The second kappa shape index (κ2) is 3.94. The number of rotatable bonds is 3. The van der Waals surface area contributed by atoms with Crippen LogP contribution >= 0.6 is 11.3 Å². The summed E-state index contributed by atoms with van der Waals surface area (Å²) < 4.78 is 0. The fourth-order valence-electron chi connectivity index (χ4n) is 1.36. The zero-order chi connectivity index (χ0) is 9.97. The van der Waals surface area contributed by atoms with Gasteiger partial charge in [-0.1, -0.05) is 0 Å². The molecule has 0 aromatic carbocycles. The van der Waals surface area contributed by atoms with Crippen LogP contribution < -0.4 is 5.73 Å². The number of H-pyrrole nitrogens is 1. The fourth-order valence-corrected chi connectivity index (χ4v) is 2.27. The van der Waals surface area contributed by atoms with Gasteiger partial charge < -0.3 is 10.7 Å². The molecule has 0 aliphatic rings. The Morgan fingerprint density at radius 1 is 1.57 bits per heavy atom. The van der Waals surface area contributed by atoms with Gasteiger partial charge >= 0.3 is 0 Å². The molecular weight excluding hydrogens is 194 g/mol. The van der Waals surface area contributed by atoms with E-state index in [1.807, 2.05) is 13.1 Å². The molecule has 2 aromatic rings. The van der Waals surface area contributed by atoms with Gasteiger partial charge in [0.1, 0.15) is 5.82 Å². The van der Waals surface area contributed by atoms with Gasteiger partial charge in [0, 0.05) is 15.8 Å². The molecule has 3 nitrogen and oxygen atoms in total. The molecule has 2 aromatic heterocycles. The molecular formula is C10H13N3S. The molecule has 0 radical (unpaired) electrons. The van der Waals surface area contributed by atoms with E-state index in [2.05, 4.69) is 21.4 Å². The Balaban J connectivity index is 2.24. The molecule has 0 saturated heterocycles. The summed E-state index contributed by atoms with van der Waals surface area (Å²) in [6.45, 7) is 2.67. The maximum absolute atomic E-state index is 5.50. The Labute approximate surface area is 87.0 Å². The molecule has 0 atom stereocenters. The third-order valence-electron chi connectivity index (χ3n) is 2.06. The van der Waals surface area contributed by atoms with Crippen LogP contribution in [-0.4, -0.2) is 16.5 Å². The number of aromatic amines is 1. The summed E-state index contributed by atoms with van der Waals surface area (Å²) in [5.41, 5.74) is 7.79. The Hall–Kier alpha value is -1.13. The van der Waals surface area contributed by atoms with Gasteiger partial charge in [0.15, 0.2) is 0 Å². The lowest BCUT2D eigenvalue weighted by Crippen LogP contribution is -2.00. The zero-order valence-electron chi connectivity index (χ0n) is 8.08. The van der Waals surface area contributed by atoms with Crippen LogP contribution in [0.2, 0.25) is 0 Å². The normalized spacial score (nSPS) is 10.7. The van der Waals surface area contributed by atoms with Gasteiger partial charge in [-0.15, -0.1) is 11.3 Å². The van der Waals surface area contributed by atoms with Crippen molar-refractivity contribution in [1.82, 2.24) is 9.97 Å². The first-order valence-corrected chi connectivity index (χ1v) is 5.47. The Morgan fingerprint density at radius 3 is 3.07 bits per heavy atom. The smallest absolute Gasteiger partial charge is 0.103 e. The summed E-state index contributed by atoms with van der Waals surface area (Å²) in [6.07, 6.45) is 2.82. The van der Waals surface area contributed by atoms with Gasteiger partial charge in [-0.05, 0) is 26.0 Å². The number of aryl methyl sites for hydroxylation is 1. The molecule has 0 spiro atoms. The molecule has 3 N–H and O–H groups in total. The maximum atomic E-state index is 5.50. The summed E-state index contributed by atoms with van der Waals surface area (Å²) in [5, 5.41) is 2.14. The predicted molar refractivity (Wildman–Crippen MR) is 59.4 cm³/mol. The largest absolute Gasteiger partial charge is 0.342 e. The highest BCUT2D eigenvalue weighted by Crippen LogP contribution is 2.24. The number of aromatic nitrogens is 2. The van der Waals surface area contributed by atoms with E-state index < -0.39 is 0 Å². The second-order valence-corrected chi connectivity index (χ2v) is 4.22. The van der Waals surface area contributed by atoms with Crippen molar-refractivity contribution in [2.24, 2.45) is 5.73 Å². The Bertz CT molecular complexity index is 416. The van der Waals surface area contributed by atoms with Crippen molar-refractivity contribution in [3.8, 4) is 11.3 Å². The monoisotopic (exact) mass is 207 g/mol. The van der Waals surface area contributed by atoms with Crippen LogP contribution in [0, 0.1) is 6.92 Å². The number of imidazole rings is 1. The van der Waals surface area contributed by atoms with E-state index in [9.17, 15) is 0 Å². The van der Waals surface area contributed by atoms with Crippen molar-refractivity contribution < 1.29 is 0 Å². The number of nitrogens with one attached hydrogen (secondary N) is 1. The number of hydrogen-bond acceptors (Lipinski definition) is 3. The van der Waals surface area contributed by atoms with E-state index in [0.717, 1.165) is 17.9 Å². The van der Waals surface area contributed by atoms with Crippen molar-refractivity contribution in [1.29, 1.82) is 0 Å². The highest BCUT2D eigenvalue weighted by Gasteiger charge is 2.03. The van der Waals surface area contributed by atoms with E-state index in [0.29, 0.717) is 6.54 Å². The molecule has 0 fully saturated rings. The number of nitrogens with two attached hydrogens (primary N) is 1. The van der Waals surface area contributed by atoms with Gasteiger partial charge in [-0.2, -0.15) is 0 Å². The van der Waals surface area contributed by atoms with Crippen molar-refractivity contribution in [3.63, 3.8) is 0 Å². The molecule has 14 heavy (non-hydrogen) atoms. The fraction of sp³-hybridized carbons (Fsp3) is 0.300. The number of thiophene rings is 1. The molecule has 4 heteroatoms. The van der Waals surface area contributed by atoms with E-state index in [1.165, 1.54) is 10.4 Å². The lowest BCUT2D eigenvalue weighted by Gasteiger charge is -1.90. The van der Waals surface area contributed by atoms with Crippen LogP contribution in [-0.2, 0) is 6.42 Å². The van der Waals surface area contributed by atoms with Crippen LogP contribution in [0.1, 0.15) is 10.7 Å². The molecule has 0 bridgehead atoms. The van der Waals surface area contributed by atoms with E-state index in [4.69, 9.17) is 5.73 Å². The molecule has 74 valence electrons. The summed E-state index contributed by atoms with van der Waals surface area (Å²) >= 11 is 1.75. The van der Waals surface area contributed by atoms with E-state index in [-0.39, 0.29) is 0 Å². The van der Waals surface area contributed by atoms with E-state index >= 15 is 0 Å². The van der Waals surface area contributed by atoms with Crippen LogP contribution in [0.4, 0.5) is 0 Å². The highest BCUT2D eigenvalue weighted by molar-refractivity contribution is 7.10. The summed E-state index contributed by atoms with van der Waals surface area (Å²) in [5.74, 6) is 0.951. The van der Waals surface area contributed by atoms with Crippen molar-refractivity contribution >= 4 is 11.3 Å². The number of hydrogen-bond donors (Lipinski definition) is 2. The molecule has 0 unspecified atom stereocenters. The van der Waals surface area contributed by atoms with Crippen LogP contribution in [0.3, 0.4) is 0 Å². The highest BCUT2D eigenvalue weighted by atomic mass is 32.1. The molecule has 2 rings (SSSR count). The van der Waals surface area contributed by atoms with Gasteiger partial charge in [0.25, 0.3) is 0 Å². The average molecular weight is 207 g/mol. The molecule has 0 saturated carbocycles. The Kier molecular flexibility index (Phi) is 2.65. The summed E-state index contributed by atoms with van der Waals surface area (Å²) in [4.78, 5) is 8.71. The molecule has 0 aliphatic carbocycles. The van der Waals surface area contributed by atoms with Crippen molar-refractivity contribution in [3.05, 3.63) is 28.3 Å². The summed E-state index contributed by atoms with van der Waals surface area (Å²) in [7, 11) is 0. The van der Waals surface area contributed by atoms with Gasteiger partial charge in [0.2, 0.25) is 0 Å². The third-order valence-corrected chi connectivity index (χ3v) is 3.05. The van der Waals surface area contributed by atoms with Crippen LogP contribution in [0.15, 0.2) is 17.6 Å². The SMILES string of the molecule is Cc1ncc(-c2csc(CCN)c2)[nH]1. The van der Waals surface area contributed by atoms with Crippen molar-refractivity contribution in [2.75, 3.05) is 6.54 Å². The maximum Gasteiger partial charge on any atom is 0.103 e. The standard InChI is InChI=1S/C10H13N3S/c1-7-12-5-10(13-7)8-4-9(2-3-11)14-6-8/h4-6H,2-3,11H2,1H3,(H,12,13). The summed E-state index contributed by atoms with van der Waals surface area (Å²) in [6, 6.07) is 2.17. The lowest BCUT2D eigenvalue weighted by molar-refractivity contribution is 0.989. The number of nitrogens with zero attached hydrogens (tertiary/aromatic N) is 1. The first-order chi connectivity index (χ1) is 6.79. The van der Waals surface area contributed by atoms with Crippen LogP contribution in [0.25, 0.3) is 11.3 Å². The first-order valence-electron chi connectivity index (χ1n) is 4.59. The molecule has 0 aliphatic heterocycles. The molecule has 2 heterocycles. The minimum atomic E-state index is 0.710. The first kappa shape index (κ1) is 9.43. The minimum absolute atomic E-state index is 0.710. The van der Waals surface area contributed by atoms with Gasteiger partial charge in [0.05, 0.1) is 11.9 Å². The average Bonchev–Trinajstić information content (AvgIpc) is 2.74. The van der Waals surface area contributed by atoms with Gasteiger partial charge in [-0.3, -0.25) is 0 Å². The Morgan fingerprint density at radius 2 is 2.43 bits per heavy atom.